The molecule has 132 valence electrons. The van der Waals surface area contributed by atoms with Crippen LogP contribution in [0.25, 0.3) is 11.1 Å². The van der Waals surface area contributed by atoms with Gasteiger partial charge < -0.3 is 10.0 Å². The number of aliphatic hydroxyl groups is 1. The lowest BCUT2D eigenvalue weighted by molar-refractivity contribution is -0.137. The molecular weight excluding hydrogens is 331 g/mol. The van der Waals surface area contributed by atoms with Crippen molar-refractivity contribution in [3.05, 3.63) is 59.7 Å². The molecule has 2 aromatic carbocycles. The summed E-state index contributed by atoms with van der Waals surface area (Å²) in [5.74, 6) is -0.123. The van der Waals surface area contributed by atoms with Crippen LogP contribution in [-0.2, 0) is 6.18 Å². The summed E-state index contributed by atoms with van der Waals surface area (Å²) in [7, 11) is 0. The predicted molar refractivity (Wildman–Crippen MR) is 88.0 cm³/mol. The van der Waals surface area contributed by atoms with Gasteiger partial charge in [0.15, 0.2) is 0 Å². The largest absolute Gasteiger partial charge is 0.416 e. The Labute approximate surface area is 143 Å². The number of rotatable bonds is 2. The first-order chi connectivity index (χ1) is 11.8. The van der Waals surface area contributed by atoms with Gasteiger partial charge in [-0.15, -0.1) is 0 Å². The Bertz CT molecular complexity index is 748. The number of hydrogen-bond acceptors (Lipinski definition) is 2. The van der Waals surface area contributed by atoms with Crippen molar-refractivity contribution < 1.29 is 23.1 Å². The first-order valence-corrected chi connectivity index (χ1v) is 8.09. The van der Waals surface area contributed by atoms with E-state index in [1.54, 1.807) is 35.2 Å². The summed E-state index contributed by atoms with van der Waals surface area (Å²) in [6.45, 7) is 1.02. The number of carbonyl (C=O) groups is 1. The summed E-state index contributed by atoms with van der Waals surface area (Å²) < 4.78 is 38.5. The van der Waals surface area contributed by atoms with Gasteiger partial charge in [-0.1, -0.05) is 24.3 Å². The predicted octanol–water partition coefficient (Wildman–Crippen LogP) is 3.97. The standard InChI is InChI=1S/C19H18F3NO2/c20-19(21,22)16-3-1-2-15(12-16)13-4-6-14(7-5-13)18(25)23-10-8-17(24)9-11-23/h1-7,12,17,24H,8-11H2. The van der Waals surface area contributed by atoms with Crippen LogP contribution in [0.2, 0.25) is 0 Å². The molecule has 0 unspecified atom stereocenters. The summed E-state index contributed by atoms with van der Waals surface area (Å²) in [6, 6.07) is 11.7. The Balaban J connectivity index is 1.77. The number of benzene rings is 2. The molecule has 0 saturated carbocycles. The van der Waals surface area contributed by atoms with Crippen molar-refractivity contribution in [1.29, 1.82) is 0 Å². The Morgan fingerprint density at radius 2 is 1.64 bits per heavy atom. The number of nitrogens with zero attached hydrogens (tertiary/aromatic N) is 1. The molecule has 0 spiro atoms. The zero-order chi connectivity index (χ0) is 18.0. The molecule has 1 N–H and O–H groups in total. The van der Waals surface area contributed by atoms with Crippen LogP contribution in [-0.4, -0.2) is 35.1 Å². The van der Waals surface area contributed by atoms with E-state index in [1.165, 1.54) is 6.07 Å². The number of alkyl halides is 3. The third kappa shape index (κ3) is 4.02. The molecule has 1 aliphatic heterocycles. The summed E-state index contributed by atoms with van der Waals surface area (Å²) in [5, 5.41) is 9.50. The lowest BCUT2D eigenvalue weighted by Crippen LogP contribution is -2.40. The highest BCUT2D eigenvalue weighted by Gasteiger charge is 2.30. The Hall–Kier alpha value is -2.34. The molecule has 0 aromatic heterocycles. The molecule has 2 aromatic rings. The number of hydrogen-bond donors (Lipinski definition) is 1. The van der Waals surface area contributed by atoms with Crippen LogP contribution >= 0.6 is 0 Å². The normalized spacial score (nSPS) is 16.1. The van der Waals surface area contributed by atoms with Crippen LogP contribution in [0.5, 0.6) is 0 Å². The number of likely N-dealkylation sites (tertiary alicyclic amines) is 1. The monoisotopic (exact) mass is 349 g/mol. The highest BCUT2D eigenvalue weighted by molar-refractivity contribution is 5.94. The minimum Gasteiger partial charge on any atom is -0.393 e. The van der Waals surface area contributed by atoms with Crippen molar-refractivity contribution in [3.63, 3.8) is 0 Å². The van der Waals surface area contributed by atoms with Crippen LogP contribution in [0.1, 0.15) is 28.8 Å². The number of halogens is 3. The van der Waals surface area contributed by atoms with E-state index < -0.39 is 11.7 Å². The van der Waals surface area contributed by atoms with Gasteiger partial charge in [-0.25, -0.2) is 0 Å². The maximum absolute atomic E-state index is 12.8. The van der Waals surface area contributed by atoms with Crippen LogP contribution in [0.3, 0.4) is 0 Å². The molecule has 0 atom stereocenters. The van der Waals surface area contributed by atoms with Gasteiger partial charge in [0.25, 0.3) is 5.91 Å². The second-order valence-electron chi connectivity index (χ2n) is 6.18. The van der Waals surface area contributed by atoms with Crippen LogP contribution in [0, 0.1) is 0 Å². The Morgan fingerprint density at radius 1 is 1.00 bits per heavy atom. The fourth-order valence-corrected chi connectivity index (χ4v) is 2.93. The molecule has 3 rings (SSSR count). The van der Waals surface area contributed by atoms with Crippen LogP contribution in [0.15, 0.2) is 48.5 Å². The van der Waals surface area contributed by atoms with E-state index in [0.717, 1.165) is 12.1 Å². The van der Waals surface area contributed by atoms with Crippen molar-refractivity contribution in [2.24, 2.45) is 0 Å². The van der Waals surface area contributed by atoms with Gasteiger partial charge in [-0.05, 0) is 48.2 Å². The van der Waals surface area contributed by atoms with E-state index in [-0.39, 0.29) is 12.0 Å². The van der Waals surface area contributed by atoms with Gasteiger partial charge in [0.1, 0.15) is 0 Å². The minimum atomic E-state index is -4.38. The Morgan fingerprint density at radius 3 is 2.24 bits per heavy atom. The fourth-order valence-electron chi connectivity index (χ4n) is 2.93. The lowest BCUT2D eigenvalue weighted by Gasteiger charge is -2.29. The highest BCUT2D eigenvalue weighted by atomic mass is 19.4. The van der Waals surface area contributed by atoms with Crippen molar-refractivity contribution in [2.75, 3.05) is 13.1 Å². The molecule has 25 heavy (non-hydrogen) atoms. The van der Waals surface area contributed by atoms with Gasteiger partial charge in [0, 0.05) is 18.7 Å². The van der Waals surface area contributed by atoms with Gasteiger partial charge in [0.05, 0.1) is 11.7 Å². The summed E-state index contributed by atoms with van der Waals surface area (Å²) in [6.07, 6.45) is -3.61. The van der Waals surface area contributed by atoms with Crippen LogP contribution < -0.4 is 0 Å². The molecule has 0 bridgehead atoms. The SMILES string of the molecule is O=C(c1ccc(-c2cccc(C(F)(F)F)c2)cc1)N1CCC(O)CC1. The van der Waals surface area contributed by atoms with E-state index in [4.69, 9.17) is 0 Å². The first kappa shape index (κ1) is 17.5. The molecular formula is C19H18F3NO2. The average molecular weight is 349 g/mol. The van der Waals surface area contributed by atoms with E-state index in [2.05, 4.69) is 0 Å². The minimum absolute atomic E-state index is 0.123. The van der Waals surface area contributed by atoms with Crippen molar-refractivity contribution in [3.8, 4) is 11.1 Å². The Kier molecular flexibility index (Phi) is 4.81. The van der Waals surface area contributed by atoms with Gasteiger partial charge in [0.2, 0.25) is 0 Å². The molecule has 1 saturated heterocycles. The van der Waals surface area contributed by atoms with Gasteiger partial charge in [-0.2, -0.15) is 13.2 Å². The van der Waals surface area contributed by atoms with Crippen molar-refractivity contribution in [2.45, 2.75) is 25.1 Å². The topological polar surface area (TPSA) is 40.5 Å². The van der Waals surface area contributed by atoms with Crippen molar-refractivity contribution in [1.82, 2.24) is 4.90 Å². The van der Waals surface area contributed by atoms with Gasteiger partial charge in [-0.3, -0.25) is 4.79 Å². The van der Waals surface area contributed by atoms with Crippen molar-refractivity contribution >= 4 is 5.91 Å². The average Bonchev–Trinajstić information content (AvgIpc) is 2.61. The highest BCUT2D eigenvalue weighted by Crippen LogP contribution is 2.32. The third-order valence-electron chi connectivity index (χ3n) is 4.41. The van der Waals surface area contributed by atoms with E-state index >= 15 is 0 Å². The third-order valence-corrected chi connectivity index (χ3v) is 4.41. The summed E-state index contributed by atoms with van der Waals surface area (Å²) >= 11 is 0. The molecule has 1 aliphatic rings. The van der Waals surface area contributed by atoms with Gasteiger partial charge >= 0.3 is 6.18 Å². The van der Waals surface area contributed by atoms with E-state index in [0.29, 0.717) is 42.6 Å². The molecule has 1 amide bonds. The lowest BCUT2D eigenvalue weighted by atomic mass is 10.0. The molecule has 1 heterocycles. The second kappa shape index (κ2) is 6.88. The fraction of sp³-hybridized carbons (Fsp3) is 0.316. The number of aliphatic hydroxyl groups excluding tert-OH is 1. The van der Waals surface area contributed by atoms with E-state index in [9.17, 15) is 23.1 Å². The molecule has 1 fully saturated rings. The maximum atomic E-state index is 12.8. The first-order valence-electron chi connectivity index (χ1n) is 8.09. The van der Waals surface area contributed by atoms with E-state index in [1.807, 2.05) is 0 Å². The molecule has 0 radical (unpaired) electrons. The number of amides is 1. The molecule has 6 heteroatoms. The quantitative estimate of drug-likeness (QED) is 0.891. The molecule has 3 nitrogen and oxygen atoms in total. The maximum Gasteiger partial charge on any atom is 0.416 e. The number of piperidine rings is 1. The second-order valence-corrected chi connectivity index (χ2v) is 6.18. The number of carbonyl (C=O) groups excluding carboxylic acids is 1. The van der Waals surface area contributed by atoms with Crippen LogP contribution in [0.4, 0.5) is 13.2 Å². The smallest absolute Gasteiger partial charge is 0.393 e. The summed E-state index contributed by atoms with van der Waals surface area (Å²) in [5.41, 5.74) is 0.871. The zero-order valence-electron chi connectivity index (χ0n) is 13.5. The zero-order valence-corrected chi connectivity index (χ0v) is 13.5. The molecule has 0 aliphatic carbocycles. The summed E-state index contributed by atoms with van der Waals surface area (Å²) in [4.78, 5) is 14.1.